The van der Waals surface area contributed by atoms with Gasteiger partial charge in [-0.25, -0.2) is 13.1 Å². The Labute approximate surface area is 135 Å². The number of nitrogens with one attached hydrogen (secondary N) is 2. The molecule has 2 N–H and O–H groups in total. The number of hydrogen-bond acceptors (Lipinski definition) is 4. The van der Waals surface area contributed by atoms with Crippen LogP contribution in [0.5, 0.6) is 0 Å². The standard InChI is InChI=1S/C14H23BrN2O3S/c1-3-16-9-12-7-13(14(15)20-12)21(18,19)17-8-11-5-4-10(2)6-11/h7,10-11,16-17H,3-6,8-9H2,1-2H3. The van der Waals surface area contributed by atoms with Gasteiger partial charge in [-0.1, -0.05) is 20.3 Å². The van der Waals surface area contributed by atoms with E-state index in [1.54, 1.807) is 6.07 Å². The monoisotopic (exact) mass is 378 g/mol. The summed E-state index contributed by atoms with van der Waals surface area (Å²) >= 11 is 3.19. The lowest BCUT2D eigenvalue weighted by Crippen LogP contribution is -2.28. The minimum Gasteiger partial charge on any atom is -0.452 e. The van der Waals surface area contributed by atoms with Crippen molar-refractivity contribution in [2.45, 2.75) is 44.6 Å². The topological polar surface area (TPSA) is 71.3 Å². The molecule has 1 fully saturated rings. The van der Waals surface area contributed by atoms with Crippen LogP contribution in [0.3, 0.4) is 0 Å². The number of sulfonamides is 1. The van der Waals surface area contributed by atoms with Crippen LogP contribution in [0.4, 0.5) is 0 Å². The second-order valence-corrected chi connectivity index (χ2v) is 8.22. The third-order valence-corrected chi connectivity index (χ3v) is 6.19. The molecule has 1 heterocycles. The van der Waals surface area contributed by atoms with Crippen molar-refractivity contribution in [3.63, 3.8) is 0 Å². The maximum atomic E-state index is 12.4. The second-order valence-electron chi connectivity index (χ2n) is 5.77. The molecule has 7 heteroatoms. The summed E-state index contributed by atoms with van der Waals surface area (Å²) in [5.74, 6) is 1.76. The van der Waals surface area contributed by atoms with Gasteiger partial charge in [0.15, 0.2) is 4.67 Å². The van der Waals surface area contributed by atoms with Gasteiger partial charge < -0.3 is 9.73 Å². The second kappa shape index (κ2) is 7.26. The first-order valence-corrected chi connectivity index (χ1v) is 9.68. The number of rotatable bonds is 7. The molecule has 0 aromatic carbocycles. The zero-order chi connectivity index (χ0) is 15.5. The Kier molecular flexibility index (Phi) is 5.88. The van der Waals surface area contributed by atoms with Gasteiger partial charge in [0.25, 0.3) is 0 Å². The van der Waals surface area contributed by atoms with Gasteiger partial charge in [0.2, 0.25) is 10.0 Å². The first kappa shape index (κ1) is 17.0. The molecule has 1 saturated carbocycles. The molecule has 1 aromatic rings. The summed E-state index contributed by atoms with van der Waals surface area (Å²) in [4.78, 5) is 0.182. The van der Waals surface area contributed by atoms with Gasteiger partial charge in [0.05, 0.1) is 6.54 Å². The van der Waals surface area contributed by atoms with Crippen LogP contribution >= 0.6 is 15.9 Å². The maximum absolute atomic E-state index is 12.4. The Hall–Kier alpha value is -0.370. The van der Waals surface area contributed by atoms with Crippen molar-refractivity contribution in [2.24, 2.45) is 11.8 Å². The lowest BCUT2D eigenvalue weighted by molar-refractivity contribution is 0.463. The largest absolute Gasteiger partial charge is 0.452 e. The smallest absolute Gasteiger partial charge is 0.244 e. The molecule has 5 nitrogen and oxygen atoms in total. The van der Waals surface area contributed by atoms with Gasteiger partial charge in [-0.15, -0.1) is 0 Å². The van der Waals surface area contributed by atoms with E-state index < -0.39 is 10.0 Å². The van der Waals surface area contributed by atoms with E-state index in [4.69, 9.17) is 4.42 Å². The van der Waals surface area contributed by atoms with Crippen LogP contribution in [-0.4, -0.2) is 21.5 Å². The minimum absolute atomic E-state index is 0.182. The summed E-state index contributed by atoms with van der Waals surface area (Å²) in [5.41, 5.74) is 0. The molecule has 2 rings (SSSR count). The molecule has 0 amide bonds. The van der Waals surface area contributed by atoms with E-state index in [1.807, 2.05) is 6.92 Å². The Balaban J connectivity index is 2.00. The highest BCUT2D eigenvalue weighted by Gasteiger charge is 2.26. The quantitative estimate of drug-likeness (QED) is 0.764. The molecule has 120 valence electrons. The highest BCUT2D eigenvalue weighted by molar-refractivity contribution is 9.10. The third-order valence-electron chi connectivity index (χ3n) is 3.91. The zero-order valence-corrected chi connectivity index (χ0v) is 14.9. The molecule has 1 aliphatic carbocycles. The van der Waals surface area contributed by atoms with Crippen molar-refractivity contribution < 1.29 is 12.8 Å². The van der Waals surface area contributed by atoms with E-state index in [9.17, 15) is 8.42 Å². The maximum Gasteiger partial charge on any atom is 0.244 e. The van der Waals surface area contributed by atoms with Gasteiger partial charge in [0.1, 0.15) is 10.7 Å². The molecular weight excluding hydrogens is 356 g/mol. The average molecular weight is 379 g/mol. The number of hydrogen-bond donors (Lipinski definition) is 2. The van der Waals surface area contributed by atoms with Crippen molar-refractivity contribution in [3.05, 3.63) is 16.5 Å². The van der Waals surface area contributed by atoms with Gasteiger partial charge in [-0.3, -0.25) is 0 Å². The Bertz CT molecular complexity index is 571. The van der Waals surface area contributed by atoms with Gasteiger partial charge in [0, 0.05) is 12.6 Å². The van der Waals surface area contributed by atoms with Crippen molar-refractivity contribution in [2.75, 3.05) is 13.1 Å². The van der Waals surface area contributed by atoms with Crippen LogP contribution in [0, 0.1) is 11.8 Å². The van der Waals surface area contributed by atoms with Crippen LogP contribution in [0.2, 0.25) is 0 Å². The fraction of sp³-hybridized carbons (Fsp3) is 0.714. The summed E-state index contributed by atoms with van der Waals surface area (Å²) < 4.78 is 33.1. The number of furan rings is 1. The predicted molar refractivity (Wildman–Crippen MR) is 85.5 cm³/mol. The molecular formula is C14H23BrN2O3S. The Morgan fingerprint density at radius 2 is 2.19 bits per heavy atom. The highest BCUT2D eigenvalue weighted by Crippen LogP contribution is 2.31. The van der Waals surface area contributed by atoms with Crippen LogP contribution in [0.25, 0.3) is 0 Å². The average Bonchev–Trinajstić information content (AvgIpc) is 3.00. The van der Waals surface area contributed by atoms with Crippen molar-refractivity contribution >= 4 is 26.0 Å². The molecule has 0 bridgehead atoms. The summed E-state index contributed by atoms with van der Waals surface area (Å²) in [6, 6.07) is 1.58. The fourth-order valence-corrected chi connectivity index (χ4v) is 4.84. The van der Waals surface area contributed by atoms with Crippen molar-refractivity contribution in [3.8, 4) is 0 Å². The molecule has 0 spiro atoms. The Morgan fingerprint density at radius 3 is 2.81 bits per heavy atom. The molecule has 0 aliphatic heterocycles. The fourth-order valence-electron chi connectivity index (χ4n) is 2.73. The third kappa shape index (κ3) is 4.55. The number of halogens is 1. The molecule has 2 atom stereocenters. The normalized spacial score (nSPS) is 22.8. The lowest BCUT2D eigenvalue weighted by Gasteiger charge is -2.10. The van der Waals surface area contributed by atoms with Crippen LogP contribution in [-0.2, 0) is 16.6 Å². The van der Waals surface area contributed by atoms with Crippen molar-refractivity contribution in [1.82, 2.24) is 10.0 Å². The highest BCUT2D eigenvalue weighted by atomic mass is 79.9. The SMILES string of the molecule is CCNCc1cc(S(=O)(=O)NCC2CCC(C)C2)c(Br)o1. The van der Waals surface area contributed by atoms with E-state index in [1.165, 1.54) is 6.42 Å². The first-order chi connectivity index (χ1) is 9.92. The molecule has 2 unspecified atom stereocenters. The molecule has 1 aliphatic rings. The minimum atomic E-state index is -3.52. The molecule has 0 radical (unpaired) electrons. The summed E-state index contributed by atoms with van der Waals surface area (Å²) in [6.45, 7) is 6.03. The van der Waals surface area contributed by atoms with Crippen molar-refractivity contribution in [1.29, 1.82) is 0 Å². The van der Waals surface area contributed by atoms with E-state index in [-0.39, 0.29) is 9.56 Å². The lowest BCUT2D eigenvalue weighted by atomic mass is 10.1. The summed E-state index contributed by atoms with van der Waals surface area (Å²) in [7, 11) is -3.52. The van der Waals surface area contributed by atoms with Crippen LogP contribution in [0.1, 0.15) is 38.9 Å². The molecule has 21 heavy (non-hydrogen) atoms. The van der Waals surface area contributed by atoms with Gasteiger partial charge in [-0.2, -0.15) is 0 Å². The van der Waals surface area contributed by atoms with Gasteiger partial charge in [-0.05, 0) is 47.2 Å². The van der Waals surface area contributed by atoms with E-state index in [0.717, 1.165) is 19.4 Å². The summed E-state index contributed by atoms with van der Waals surface area (Å²) in [5, 5.41) is 3.11. The summed E-state index contributed by atoms with van der Waals surface area (Å²) in [6.07, 6.45) is 3.39. The van der Waals surface area contributed by atoms with E-state index >= 15 is 0 Å². The Morgan fingerprint density at radius 1 is 1.43 bits per heavy atom. The van der Waals surface area contributed by atoms with E-state index in [0.29, 0.717) is 30.7 Å². The zero-order valence-electron chi connectivity index (χ0n) is 12.5. The first-order valence-electron chi connectivity index (χ1n) is 7.41. The van der Waals surface area contributed by atoms with Crippen LogP contribution < -0.4 is 10.0 Å². The molecule has 0 saturated heterocycles. The predicted octanol–water partition coefficient (Wildman–Crippen LogP) is 2.87. The van der Waals surface area contributed by atoms with E-state index in [2.05, 4.69) is 32.9 Å². The van der Waals surface area contributed by atoms with Crippen LogP contribution in [0.15, 0.2) is 20.0 Å². The molecule has 1 aromatic heterocycles. The van der Waals surface area contributed by atoms with Gasteiger partial charge >= 0.3 is 0 Å².